The van der Waals surface area contributed by atoms with Crippen LogP contribution in [0.1, 0.15) is 37.0 Å². The lowest BCUT2D eigenvalue weighted by Crippen LogP contribution is -2.07. The third-order valence-corrected chi connectivity index (χ3v) is 4.63. The summed E-state index contributed by atoms with van der Waals surface area (Å²) in [5.74, 6) is 1.48. The monoisotopic (exact) mass is 314 g/mol. The number of aliphatic hydroxyl groups is 1. The number of hydrogen-bond donors (Lipinski definition) is 1. The van der Waals surface area contributed by atoms with Crippen LogP contribution in [0.25, 0.3) is 0 Å². The molecule has 1 heterocycles. The van der Waals surface area contributed by atoms with Crippen molar-refractivity contribution >= 4 is 9.84 Å². The molecule has 1 aromatic carbocycles. The van der Waals surface area contributed by atoms with Crippen molar-refractivity contribution in [3.63, 3.8) is 0 Å². The number of sulfone groups is 1. The number of aliphatic hydroxyl groups excluding tert-OH is 1. The van der Waals surface area contributed by atoms with Gasteiger partial charge in [0.15, 0.2) is 0 Å². The minimum atomic E-state index is -3.00. The second kappa shape index (κ2) is 6.23. The average molecular weight is 314 g/mol. The summed E-state index contributed by atoms with van der Waals surface area (Å²) >= 11 is 0. The van der Waals surface area contributed by atoms with Gasteiger partial charge in [-0.05, 0) is 31.9 Å². The van der Waals surface area contributed by atoms with Crippen molar-refractivity contribution in [2.45, 2.75) is 38.4 Å². The maximum atomic E-state index is 11.1. The predicted octanol–water partition coefficient (Wildman–Crippen LogP) is 1.88. The number of rotatable bonds is 6. The maximum Gasteiger partial charge on any atom is 0.147 e. The molecule has 2 unspecified atom stereocenters. The lowest BCUT2D eigenvalue weighted by Gasteiger charge is -2.16. The summed E-state index contributed by atoms with van der Waals surface area (Å²) in [5, 5.41) is 10.3. The molecule has 1 aromatic rings. The summed E-state index contributed by atoms with van der Waals surface area (Å²) in [7, 11) is -1.44. The second-order valence-corrected chi connectivity index (χ2v) is 7.88. The van der Waals surface area contributed by atoms with Gasteiger partial charge in [0.2, 0.25) is 0 Å². The number of benzene rings is 1. The van der Waals surface area contributed by atoms with Gasteiger partial charge < -0.3 is 14.6 Å². The van der Waals surface area contributed by atoms with E-state index in [4.69, 9.17) is 9.47 Å². The van der Waals surface area contributed by atoms with Crippen LogP contribution in [0, 0.1) is 0 Å². The topological polar surface area (TPSA) is 72.8 Å². The summed E-state index contributed by atoms with van der Waals surface area (Å²) in [6.45, 7) is 1.99. The van der Waals surface area contributed by atoms with Crippen molar-refractivity contribution in [1.82, 2.24) is 0 Å². The van der Waals surface area contributed by atoms with Crippen LogP contribution in [0.15, 0.2) is 12.1 Å². The van der Waals surface area contributed by atoms with Crippen molar-refractivity contribution in [3.8, 4) is 11.5 Å². The molecule has 0 saturated carbocycles. The van der Waals surface area contributed by atoms with Gasteiger partial charge in [-0.25, -0.2) is 8.42 Å². The van der Waals surface area contributed by atoms with Crippen molar-refractivity contribution in [2.24, 2.45) is 0 Å². The van der Waals surface area contributed by atoms with Gasteiger partial charge in [0, 0.05) is 29.6 Å². The molecule has 0 saturated heterocycles. The highest BCUT2D eigenvalue weighted by molar-refractivity contribution is 7.90. The van der Waals surface area contributed by atoms with Gasteiger partial charge in [-0.2, -0.15) is 0 Å². The molecule has 0 bridgehead atoms. The van der Waals surface area contributed by atoms with Crippen LogP contribution in [0.2, 0.25) is 0 Å². The third kappa shape index (κ3) is 4.11. The number of fused-ring (bicyclic) bond motifs is 1. The minimum absolute atomic E-state index is 0.0743. The summed E-state index contributed by atoms with van der Waals surface area (Å²) in [6.07, 6.45) is 2.18. The highest BCUT2D eigenvalue weighted by Gasteiger charge is 2.24. The van der Waals surface area contributed by atoms with Gasteiger partial charge in [0.05, 0.1) is 13.2 Å². The molecule has 21 heavy (non-hydrogen) atoms. The van der Waals surface area contributed by atoms with Gasteiger partial charge in [-0.1, -0.05) is 0 Å². The number of methoxy groups -OCH3 is 1. The van der Waals surface area contributed by atoms with Gasteiger partial charge >= 0.3 is 0 Å². The molecule has 0 amide bonds. The van der Waals surface area contributed by atoms with Crippen LogP contribution < -0.4 is 9.47 Å². The fourth-order valence-electron chi connectivity index (χ4n) is 2.59. The third-order valence-electron chi connectivity index (χ3n) is 3.60. The molecule has 2 rings (SSSR count). The second-order valence-electron chi connectivity index (χ2n) is 5.62. The van der Waals surface area contributed by atoms with Crippen LogP contribution in [0.4, 0.5) is 0 Å². The van der Waals surface area contributed by atoms with E-state index in [1.807, 2.05) is 19.1 Å². The lowest BCUT2D eigenvalue weighted by atomic mass is 10.0. The fraction of sp³-hybridized carbons (Fsp3) is 0.600. The molecule has 0 aliphatic carbocycles. The van der Waals surface area contributed by atoms with Crippen LogP contribution in [-0.4, -0.2) is 38.7 Å². The molecule has 0 fully saturated rings. The first-order valence-electron chi connectivity index (χ1n) is 7.03. The Morgan fingerprint density at radius 1 is 1.48 bits per heavy atom. The van der Waals surface area contributed by atoms with Crippen LogP contribution in [0.3, 0.4) is 0 Å². The molecule has 5 nitrogen and oxygen atoms in total. The van der Waals surface area contributed by atoms with Gasteiger partial charge in [-0.3, -0.25) is 0 Å². The Morgan fingerprint density at radius 2 is 2.19 bits per heavy atom. The Bertz CT molecular complexity index is 609. The molecular weight excluding hydrogens is 292 g/mol. The Hall–Kier alpha value is -1.27. The smallest absolute Gasteiger partial charge is 0.147 e. The molecule has 6 heteroatoms. The Kier molecular flexibility index (Phi) is 4.78. The summed E-state index contributed by atoms with van der Waals surface area (Å²) in [4.78, 5) is 0. The molecule has 118 valence electrons. The van der Waals surface area contributed by atoms with Gasteiger partial charge in [-0.15, -0.1) is 0 Å². The normalized spacial score (nSPS) is 19.0. The fourth-order valence-corrected chi connectivity index (χ4v) is 3.28. The van der Waals surface area contributed by atoms with E-state index >= 15 is 0 Å². The van der Waals surface area contributed by atoms with E-state index in [1.165, 1.54) is 6.26 Å². The minimum Gasteiger partial charge on any atom is -0.496 e. The quantitative estimate of drug-likeness (QED) is 0.868. The number of hydrogen-bond acceptors (Lipinski definition) is 5. The van der Waals surface area contributed by atoms with Crippen molar-refractivity contribution in [1.29, 1.82) is 0 Å². The van der Waals surface area contributed by atoms with Crippen LogP contribution >= 0.6 is 0 Å². The van der Waals surface area contributed by atoms with Gasteiger partial charge in [0.25, 0.3) is 0 Å². The zero-order valence-electron chi connectivity index (χ0n) is 12.6. The standard InChI is InChI=1S/C15H22O5S/c1-10-7-11-8-15(19-2)12(9-14(11)20-10)13(16)5-4-6-21(3,17)18/h8-10,13,16H,4-7H2,1-3H3. The summed E-state index contributed by atoms with van der Waals surface area (Å²) in [5.41, 5.74) is 1.73. The molecule has 1 N–H and O–H groups in total. The van der Waals surface area contributed by atoms with E-state index in [0.29, 0.717) is 24.2 Å². The first-order valence-corrected chi connectivity index (χ1v) is 9.09. The maximum absolute atomic E-state index is 11.1. The largest absolute Gasteiger partial charge is 0.496 e. The Balaban J connectivity index is 2.13. The summed E-state index contributed by atoms with van der Waals surface area (Å²) in [6, 6.07) is 3.71. The molecule has 1 aliphatic heterocycles. The lowest BCUT2D eigenvalue weighted by molar-refractivity contribution is 0.162. The van der Waals surface area contributed by atoms with Gasteiger partial charge in [0.1, 0.15) is 27.4 Å². The molecular formula is C15H22O5S. The van der Waals surface area contributed by atoms with E-state index in [2.05, 4.69) is 0 Å². The van der Waals surface area contributed by atoms with Crippen molar-refractivity contribution in [2.75, 3.05) is 19.1 Å². The highest BCUT2D eigenvalue weighted by atomic mass is 32.2. The first-order chi connectivity index (χ1) is 9.80. The van der Waals surface area contributed by atoms with E-state index in [1.54, 1.807) is 7.11 Å². The highest BCUT2D eigenvalue weighted by Crippen LogP contribution is 2.38. The van der Waals surface area contributed by atoms with Crippen LogP contribution in [-0.2, 0) is 16.3 Å². The predicted molar refractivity (Wildman–Crippen MR) is 80.7 cm³/mol. The van der Waals surface area contributed by atoms with E-state index in [9.17, 15) is 13.5 Å². The average Bonchev–Trinajstić information content (AvgIpc) is 2.74. The first kappa shape index (κ1) is 16.1. The summed E-state index contributed by atoms with van der Waals surface area (Å²) < 4.78 is 33.3. The Morgan fingerprint density at radius 3 is 2.81 bits per heavy atom. The zero-order valence-corrected chi connectivity index (χ0v) is 13.4. The molecule has 0 aromatic heterocycles. The molecule has 2 atom stereocenters. The molecule has 1 aliphatic rings. The SMILES string of the molecule is COc1cc2c(cc1C(O)CCCS(C)(=O)=O)OC(C)C2. The Labute approximate surface area is 125 Å². The van der Waals surface area contributed by atoms with Crippen molar-refractivity contribution < 1.29 is 23.0 Å². The number of ether oxygens (including phenoxy) is 2. The zero-order chi connectivity index (χ0) is 15.6. The van der Waals surface area contributed by atoms with Crippen molar-refractivity contribution in [3.05, 3.63) is 23.3 Å². The van der Waals surface area contributed by atoms with E-state index < -0.39 is 15.9 Å². The molecule has 0 spiro atoms. The molecule has 0 radical (unpaired) electrons. The van der Waals surface area contributed by atoms with E-state index in [0.717, 1.165) is 17.7 Å². The van der Waals surface area contributed by atoms with Crippen LogP contribution in [0.5, 0.6) is 11.5 Å². The van der Waals surface area contributed by atoms with E-state index in [-0.39, 0.29) is 11.9 Å².